The summed E-state index contributed by atoms with van der Waals surface area (Å²) >= 11 is 3.06. The van der Waals surface area contributed by atoms with Gasteiger partial charge in [0, 0.05) is 10.0 Å². The maximum absolute atomic E-state index is 13.8. The topological polar surface area (TPSA) is 75.1 Å². The molecular weight excluding hydrogens is 331 g/mol. The molecule has 0 aliphatic rings. The van der Waals surface area contributed by atoms with Gasteiger partial charge in [-0.25, -0.2) is 9.18 Å². The molecule has 5 nitrogen and oxygen atoms in total. The van der Waals surface area contributed by atoms with E-state index < -0.39 is 22.9 Å². The first kappa shape index (κ1) is 14.3. The molecule has 0 bridgehead atoms. The highest BCUT2D eigenvalue weighted by molar-refractivity contribution is 9.11. The number of halogens is 2. The van der Waals surface area contributed by atoms with Crippen molar-refractivity contribution in [3.05, 3.63) is 62.0 Å². The molecule has 2 aromatic rings. The summed E-state index contributed by atoms with van der Waals surface area (Å²) in [6, 6.07) is 5.49. The Morgan fingerprint density at radius 1 is 1.40 bits per heavy atom. The third-order valence-corrected chi connectivity index (χ3v) is 2.90. The van der Waals surface area contributed by atoms with Gasteiger partial charge in [-0.3, -0.25) is 14.3 Å². The smallest absolute Gasteiger partial charge is 0.331 e. The minimum Gasteiger partial charge on any atom is -0.494 e. The van der Waals surface area contributed by atoms with Crippen LogP contribution in [0, 0.1) is 5.82 Å². The van der Waals surface area contributed by atoms with E-state index in [-0.39, 0.29) is 17.7 Å². The van der Waals surface area contributed by atoms with E-state index in [9.17, 15) is 19.1 Å². The second kappa shape index (κ2) is 5.46. The van der Waals surface area contributed by atoms with Crippen LogP contribution in [0.15, 0.2) is 44.9 Å². The fourth-order valence-electron chi connectivity index (χ4n) is 1.78. The molecule has 0 saturated heterocycles. The first-order valence-corrected chi connectivity index (χ1v) is 6.35. The summed E-state index contributed by atoms with van der Waals surface area (Å²) in [6.07, 6.45) is 0. The van der Waals surface area contributed by atoms with E-state index in [0.29, 0.717) is 4.48 Å². The van der Waals surface area contributed by atoms with E-state index in [1.165, 1.54) is 18.2 Å². The predicted octanol–water partition coefficient (Wildman–Crippen LogP) is 1.96. The summed E-state index contributed by atoms with van der Waals surface area (Å²) in [5, 5.41) is 10.1. The van der Waals surface area contributed by atoms with Crippen molar-refractivity contribution in [3.8, 4) is 17.0 Å². The molecule has 0 fully saturated rings. The van der Waals surface area contributed by atoms with Crippen molar-refractivity contribution < 1.29 is 9.50 Å². The van der Waals surface area contributed by atoms with Crippen molar-refractivity contribution in [2.75, 3.05) is 0 Å². The minimum atomic E-state index is -0.853. The third-order valence-electron chi connectivity index (χ3n) is 2.64. The van der Waals surface area contributed by atoms with Gasteiger partial charge in [-0.1, -0.05) is 40.7 Å². The number of hydrogen-bond acceptors (Lipinski definition) is 3. The van der Waals surface area contributed by atoms with Gasteiger partial charge in [-0.05, 0) is 6.07 Å². The number of aromatic nitrogens is 2. The first-order valence-electron chi connectivity index (χ1n) is 5.56. The zero-order chi connectivity index (χ0) is 14.9. The number of nitrogens with zero attached hydrogens (tertiary/aromatic N) is 1. The highest BCUT2D eigenvalue weighted by atomic mass is 79.9. The number of hydrogen-bond donors (Lipinski definition) is 2. The van der Waals surface area contributed by atoms with Crippen LogP contribution in [0.25, 0.3) is 11.1 Å². The largest absolute Gasteiger partial charge is 0.494 e. The number of nitrogens with one attached hydrogen (secondary N) is 1. The van der Waals surface area contributed by atoms with Crippen molar-refractivity contribution in [2.24, 2.45) is 0 Å². The lowest BCUT2D eigenvalue weighted by molar-refractivity contribution is 0.412. The monoisotopic (exact) mass is 340 g/mol. The molecule has 0 radical (unpaired) electrons. The molecule has 0 aliphatic carbocycles. The molecule has 0 spiro atoms. The van der Waals surface area contributed by atoms with E-state index in [1.807, 2.05) is 4.98 Å². The van der Waals surface area contributed by atoms with Crippen LogP contribution in [0.5, 0.6) is 5.88 Å². The Balaban J connectivity index is 2.78. The van der Waals surface area contributed by atoms with Crippen LogP contribution in [-0.2, 0) is 6.54 Å². The summed E-state index contributed by atoms with van der Waals surface area (Å²) in [5.41, 5.74) is -2.03. The summed E-state index contributed by atoms with van der Waals surface area (Å²) in [5.74, 6) is -1.28. The first-order chi connectivity index (χ1) is 9.41. The molecule has 0 aliphatic heterocycles. The van der Waals surface area contributed by atoms with Gasteiger partial charge in [0.2, 0.25) is 5.88 Å². The van der Waals surface area contributed by atoms with Gasteiger partial charge in [0.05, 0.1) is 6.54 Å². The summed E-state index contributed by atoms with van der Waals surface area (Å²) < 4.78 is 15.1. The number of rotatable bonds is 3. The molecule has 0 saturated carbocycles. The molecule has 0 atom stereocenters. The minimum absolute atomic E-state index is 0.0527. The van der Waals surface area contributed by atoms with Crippen molar-refractivity contribution >= 4 is 15.9 Å². The average molecular weight is 341 g/mol. The standard InChI is InChI=1S/C13H10BrFN2O3/c1-7(14)6-17-12(19)10(11(18)16-13(17)20)8-4-2-3-5-9(8)15/h2-5,19H,1,6H2,(H,16,18,20). The van der Waals surface area contributed by atoms with Gasteiger partial charge < -0.3 is 5.11 Å². The van der Waals surface area contributed by atoms with Gasteiger partial charge in [0.1, 0.15) is 11.4 Å². The molecule has 2 rings (SSSR count). The zero-order valence-electron chi connectivity index (χ0n) is 10.2. The van der Waals surface area contributed by atoms with Crippen molar-refractivity contribution in [2.45, 2.75) is 6.54 Å². The maximum atomic E-state index is 13.8. The molecule has 0 amide bonds. The lowest BCUT2D eigenvalue weighted by atomic mass is 10.1. The molecule has 2 N–H and O–H groups in total. The number of aromatic hydroxyl groups is 1. The second-order valence-electron chi connectivity index (χ2n) is 4.04. The Hall–Kier alpha value is -2.15. The van der Waals surface area contributed by atoms with Crippen LogP contribution in [0.2, 0.25) is 0 Å². The highest BCUT2D eigenvalue weighted by Crippen LogP contribution is 2.26. The molecular formula is C13H10BrFN2O3. The molecule has 7 heteroatoms. The van der Waals surface area contributed by atoms with E-state index in [1.54, 1.807) is 0 Å². The second-order valence-corrected chi connectivity index (χ2v) is 5.16. The Labute approximate surface area is 121 Å². The van der Waals surface area contributed by atoms with Crippen molar-refractivity contribution in [3.63, 3.8) is 0 Å². The SMILES string of the molecule is C=C(Br)Cn1c(O)c(-c2ccccc2F)c(=O)[nH]c1=O. The lowest BCUT2D eigenvalue weighted by Crippen LogP contribution is -2.31. The van der Waals surface area contributed by atoms with E-state index in [0.717, 1.165) is 10.6 Å². The summed E-state index contributed by atoms with van der Waals surface area (Å²) in [7, 11) is 0. The quantitative estimate of drug-likeness (QED) is 0.896. The van der Waals surface area contributed by atoms with Crippen LogP contribution < -0.4 is 11.2 Å². The van der Waals surface area contributed by atoms with E-state index >= 15 is 0 Å². The molecule has 1 aromatic carbocycles. The lowest BCUT2D eigenvalue weighted by Gasteiger charge is -2.11. The number of benzene rings is 1. The van der Waals surface area contributed by atoms with Gasteiger partial charge in [-0.15, -0.1) is 0 Å². The number of aromatic amines is 1. The fourth-order valence-corrected chi connectivity index (χ4v) is 2.04. The number of H-pyrrole nitrogens is 1. The molecule has 0 unspecified atom stereocenters. The summed E-state index contributed by atoms with van der Waals surface area (Å²) in [4.78, 5) is 25.5. The zero-order valence-corrected chi connectivity index (χ0v) is 11.8. The van der Waals surface area contributed by atoms with Crippen molar-refractivity contribution in [1.29, 1.82) is 0 Å². The van der Waals surface area contributed by atoms with E-state index in [2.05, 4.69) is 22.5 Å². The molecule has 104 valence electrons. The fraction of sp³-hybridized carbons (Fsp3) is 0.0769. The maximum Gasteiger partial charge on any atom is 0.331 e. The van der Waals surface area contributed by atoms with Gasteiger partial charge >= 0.3 is 5.69 Å². The Bertz CT molecular complexity index is 795. The van der Waals surface area contributed by atoms with Crippen LogP contribution >= 0.6 is 15.9 Å². The van der Waals surface area contributed by atoms with Gasteiger partial charge in [0.15, 0.2) is 0 Å². The molecule has 1 aromatic heterocycles. The van der Waals surface area contributed by atoms with Crippen LogP contribution in [0.3, 0.4) is 0 Å². The Morgan fingerprint density at radius 3 is 2.65 bits per heavy atom. The van der Waals surface area contributed by atoms with E-state index in [4.69, 9.17) is 0 Å². The van der Waals surface area contributed by atoms with Gasteiger partial charge in [0.25, 0.3) is 5.56 Å². The Kier molecular flexibility index (Phi) is 3.89. The van der Waals surface area contributed by atoms with Crippen LogP contribution in [0.1, 0.15) is 0 Å². The third kappa shape index (κ3) is 2.57. The molecule has 1 heterocycles. The van der Waals surface area contributed by atoms with Crippen LogP contribution in [-0.4, -0.2) is 14.7 Å². The normalized spacial score (nSPS) is 10.5. The number of allylic oxidation sites excluding steroid dienone is 1. The highest BCUT2D eigenvalue weighted by Gasteiger charge is 2.18. The predicted molar refractivity (Wildman–Crippen MR) is 76.4 cm³/mol. The van der Waals surface area contributed by atoms with Crippen molar-refractivity contribution in [1.82, 2.24) is 9.55 Å². The van der Waals surface area contributed by atoms with Gasteiger partial charge in [-0.2, -0.15) is 0 Å². The molecule has 20 heavy (non-hydrogen) atoms. The average Bonchev–Trinajstić information content (AvgIpc) is 2.36. The summed E-state index contributed by atoms with van der Waals surface area (Å²) in [6.45, 7) is 3.50. The van der Waals surface area contributed by atoms with Crippen LogP contribution in [0.4, 0.5) is 4.39 Å². The Morgan fingerprint density at radius 2 is 2.05 bits per heavy atom.